The predicted octanol–water partition coefficient (Wildman–Crippen LogP) is 4.66. The zero-order chi connectivity index (χ0) is 19.8. The van der Waals surface area contributed by atoms with Gasteiger partial charge in [-0.25, -0.2) is 12.8 Å². The quantitative estimate of drug-likeness (QED) is 0.694. The van der Waals surface area contributed by atoms with Gasteiger partial charge in [-0.1, -0.05) is 19.1 Å². The lowest BCUT2D eigenvalue weighted by atomic mass is 10.0. The van der Waals surface area contributed by atoms with Crippen LogP contribution in [-0.4, -0.2) is 19.2 Å². The average Bonchev–Trinajstić information content (AvgIpc) is 2.98. The second-order valence-corrected chi connectivity index (χ2v) is 8.37. The van der Waals surface area contributed by atoms with Crippen LogP contribution in [0.5, 0.6) is 0 Å². The Balaban J connectivity index is 2.22. The van der Waals surface area contributed by atoms with E-state index in [1.165, 1.54) is 12.1 Å². The molecule has 7 heteroatoms. The third kappa shape index (κ3) is 3.81. The van der Waals surface area contributed by atoms with Crippen LogP contribution < -0.4 is 4.72 Å². The van der Waals surface area contributed by atoms with E-state index in [1.807, 2.05) is 18.3 Å². The molecule has 0 fully saturated rings. The summed E-state index contributed by atoms with van der Waals surface area (Å²) in [4.78, 5) is 0. The molecule has 0 aliphatic heterocycles. The predicted molar refractivity (Wildman–Crippen MR) is 106 cm³/mol. The van der Waals surface area contributed by atoms with Crippen LogP contribution >= 0.6 is 0 Å². The number of sulfonamides is 1. The number of rotatable bonds is 5. The van der Waals surface area contributed by atoms with Crippen molar-refractivity contribution in [3.8, 4) is 17.2 Å². The molecule has 0 saturated heterocycles. The molecule has 0 bridgehead atoms. The first-order chi connectivity index (χ1) is 12.7. The number of halogens is 1. The van der Waals surface area contributed by atoms with Crippen LogP contribution in [0.25, 0.3) is 22.0 Å². The number of nitrogens with zero attached hydrogens (tertiary/aromatic N) is 2. The highest BCUT2D eigenvalue weighted by atomic mass is 32.2. The van der Waals surface area contributed by atoms with E-state index in [1.54, 1.807) is 18.2 Å². The van der Waals surface area contributed by atoms with Crippen molar-refractivity contribution in [2.24, 2.45) is 0 Å². The van der Waals surface area contributed by atoms with Crippen molar-refractivity contribution in [3.05, 3.63) is 54.0 Å². The van der Waals surface area contributed by atoms with Crippen molar-refractivity contribution in [3.63, 3.8) is 0 Å². The number of nitriles is 1. The van der Waals surface area contributed by atoms with E-state index in [0.29, 0.717) is 11.3 Å². The van der Waals surface area contributed by atoms with Crippen LogP contribution in [0.15, 0.2) is 42.6 Å². The van der Waals surface area contributed by atoms with Gasteiger partial charge in [-0.05, 0) is 43.2 Å². The monoisotopic (exact) mass is 385 g/mol. The van der Waals surface area contributed by atoms with Gasteiger partial charge < -0.3 is 4.57 Å². The summed E-state index contributed by atoms with van der Waals surface area (Å²) >= 11 is 0. The van der Waals surface area contributed by atoms with Gasteiger partial charge in [0.1, 0.15) is 11.9 Å². The van der Waals surface area contributed by atoms with Crippen LogP contribution in [0.4, 0.5) is 10.1 Å². The zero-order valence-corrected chi connectivity index (χ0v) is 16.1. The molecule has 3 aromatic rings. The minimum absolute atomic E-state index is 0.00375. The topological polar surface area (TPSA) is 74.9 Å². The summed E-state index contributed by atoms with van der Waals surface area (Å²) in [7, 11) is -3.38. The summed E-state index contributed by atoms with van der Waals surface area (Å²) in [6.45, 7) is 4.13. The molecule has 1 atom stereocenters. The SMILES string of the molecule is CCC(C)n1cc(-c2ccc(C#N)c(F)c2)c2ccc(NS(C)(=O)=O)cc21. The van der Waals surface area contributed by atoms with E-state index in [4.69, 9.17) is 5.26 Å². The first-order valence-electron chi connectivity index (χ1n) is 8.56. The average molecular weight is 385 g/mol. The third-order valence-electron chi connectivity index (χ3n) is 4.60. The van der Waals surface area contributed by atoms with E-state index in [0.717, 1.165) is 29.1 Å². The Labute approximate surface area is 158 Å². The van der Waals surface area contributed by atoms with E-state index in [2.05, 4.69) is 23.1 Å². The second-order valence-electron chi connectivity index (χ2n) is 6.62. The van der Waals surface area contributed by atoms with Gasteiger partial charge in [-0.3, -0.25) is 4.72 Å². The summed E-state index contributed by atoms with van der Waals surface area (Å²) in [5, 5.41) is 9.82. The summed E-state index contributed by atoms with van der Waals surface area (Å²) < 4.78 is 41.8. The molecule has 0 aliphatic rings. The third-order valence-corrected chi connectivity index (χ3v) is 5.21. The van der Waals surface area contributed by atoms with Gasteiger partial charge in [-0.15, -0.1) is 0 Å². The molecule has 140 valence electrons. The Morgan fingerprint density at radius 2 is 2.00 bits per heavy atom. The number of benzene rings is 2. The highest BCUT2D eigenvalue weighted by molar-refractivity contribution is 7.92. The highest BCUT2D eigenvalue weighted by Crippen LogP contribution is 2.35. The lowest BCUT2D eigenvalue weighted by Gasteiger charge is -2.13. The number of nitrogens with one attached hydrogen (secondary N) is 1. The first kappa shape index (κ1) is 18.9. The Morgan fingerprint density at radius 1 is 1.26 bits per heavy atom. The van der Waals surface area contributed by atoms with Crippen LogP contribution in [0.3, 0.4) is 0 Å². The maximum absolute atomic E-state index is 14.1. The lowest BCUT2D eigenvalue weighted by Crippen LogP contribution is -2.09. The molecule has 0 amide bonds. The van der Waals surface area contributed by atoms with Crippen molar-refractivity contribution >= 4 is 26.6 Å². The van der Waals surface area contributed by atoms with Gasteiger partial charge in [0.15, 0.2) is 0 Å². The highest BCUT2D eigenvalue weighted by Gasteiger charge is 2.16. The Hall–Kier alpha value is -2.85. The first-order valence-corrected chi connectivity index (χ1v) is 10.4. The summed E-state index contributed by atoms with van der Waals surface area (Å²) in [6.07, 6.45) is 3.94. The Morgan fingerprint density at radius 3 is 2.59 bits per heavy atom. The van der Waals surface area contributed by atoms with Crippen molar-refractivity contribution in [1.82, 2.24) is 4.57 Å². The van der Waals surface area contributed by atoms with Gasteiger partial charge in [0.05, 0.1) is 23.0 Å². The Kier molecular flexibility index (Phi) is 4.94. The molecule has 1 N–H and O–H groups in total. The van der Waals surface area contributed by atoms with Gasteiger partial charge in [0.25, 0.3) is 0 Å². The van der Waals surface area contributed by atoms with Crippen LogP contribution in [0.1, 0.15) is 31.9 Å². The fraction of sp³-hybridized carbons (Fsp3) is 0.250. The molecule has 0 saturated carbocycles. The van der Waals surface area contributed by atoms with Crippen molar-refractivity contribution in [1.29, 1.82) is 5.26 Å². The van der Waals surface area contributed by atoms with Gasteiger partial charge in [-0.2, -0.15) is 5.26 Å². The summed E-state index contributed by atoms with van der Waals surface area (Å²) in [5.74, 6) is -0.560. The molecular weight excluding hydrogens is 365 g/mol. The minimum atomic E-state index is -3.38. The van der Waals surface area contributed by atoms with E-state index in [9.17, 15) is 12.8 Å². The number of hydrogen-bond acceptors (Lipinski definition) is 3. The standard InChI is InChI=1S/C20H20FN3O2S/c1-4-13(2)24-12-18(14-5-6-15(11-22)19(21)9-14)17-8-7-16(10-20(17)24)23-27(3,25)26/h5-10,12-13,23H,4H2,1-3H3. The van der Waals surface area contributed by atoms with Crippen LogP contribution in [0, 0.1) is 17.1 Å². The number of hydrogen-bond donors (Lipinski definition) is 1. The Bertz CT molecular complexity index is 1160. The molecule has 0 aliphatic carbocycles. The molecule has 2 aromatic carbocycles. The maximum Gasteiger partial charge on any atom is 0.229 e. The largest absolute Gasteiger partial charge is 0.344 e. The van der Waals surface area contributed by atoms with Gasteiger partial charge in [0, 0.05) is 23.2 Å². The van der Waals surface area contributed by atoms with E-state index in [-0.39, 0.29) is 11.6 Å². The molecule has 3 rings (SSSR count). The number of aromatic nitrogens is 1. The lowest BCUT2D eigenvalue weighted by molar-refractivity contribution is 0.548. The van der Waals surface area contributed by atoms with Crippen molar-refractivity contribution in [2.75, 3.05) is 11.0 Å². The fourth-order valence-electron chi connectivity index (χ4n) is 3.09. The normalized spacial score (nSPS) is 12.7. The summed E-state index contributed by atoms with van der Waals surface area (Å²) in [6, 6.07) is 11.9. The molecular formula is C20H20FN3O2S. The summed E-state index contributed by atoms with van der Waals surface area (Å²) in [5.41, 5.74) is 2.84. The molecule has 1 heterocycles. The van der Waals surface area contributed by atoms with Crippen molar-refractivity contribution < 1.29 is 12.8 Å². The number of anilines is 1. The van der Waals surface area contributed by atoms with Gasteiger partial charge in [0.2, 0.25) is 10.0 Å². The van der Waals surface area contributed by atoms with Gasteiger partial charge >= 0.3 is 0 Å². The maximum atomic E-state index is 14.1. The molecule has 1 unspecified atom stereocenters. The molecule has 1 aromatic heterocycles. The van der Waals surface area contributed by atoms with Crippen LogP contribution in [0.2, 0.25) is 0 Å². The van der Waals surface area contributed by atoms with Crippen molar-refractivity contribution in [2.45, 2.75) is 26.3 Å². The van der Waals surface area contributed by atoms with E-state index < -0.39 is 15.8 Å². The van der Waals surface area contributed by atoms with Crippen LogP contribution in [-0.2, 0) is 10.0 Å². The molecule has 0 radical (unpaired) electrons. The van der Waals surface area contributed by atoms with E-state index >= 15 is 0 Å². The molecule has 0 spiro atoms. The minimum Gasteiger partial charge on any atom is -0.344 e. The zero-order valence-electron chi connectivity index (χ0n) is 15.3. The fourth-order valence-corrected chi connectivity index (χ4v) is 3.65. The second kappa shape index (κ2) is 7.05. The number of fused-ring (bicyclic) bond motifs is 1. The molecule has 5 nitrogen and oxygen atoms in total. The smallest absolute Gasteiger partial charge is 0.229 e. The molecule has 27 heavy (non-hydrogen) atoms.